The van der Waals surface area contributed by atoms with Gasteiger partial charge in [0.2, 0.25) is 0 Å². The van der Waals surface area contributed by atoms with Crippen LogP contribution in [0.15, 0.2) is 52.9 Å². The van der Waals surface area contributed by atoms with Gasteiger partial charge >= 0.3 is 0 Å². The van der Waals surface area contributed by atoms with Gasteiger partial charge in [0.05, 0.1) is 0 Å². The van der Waals surface area contributed by atoms with E-state index in [0.717, 1.165) is 22.2 Å². The van der Waals surface area contributed by atoms with Crippen molar-refractivity contribution in [3.05, 3.63) is 59.7 Å². The zero-order valence-electron chi connectivity index (χ0n) is 10.5. The summed E-state index contributed by atoms with van der Waals surface area (Å²) < 4.78 is 5.60. The Morgan fingerprint density at radius 3 is 2.74 bits per heavy atom. The molecule has 3 rings (SSSR count). The van der Waals surface area contributed by atoms with Crippen LogP contribution in [0.5, 0.6) is 0 Å². The monoisotopic (exact) mass is 253 g/mol. The van der Waals surface area contributed by atoms with Crippen LogP contribution in [0.4, 0.5) is 6.01 Å². The fourth-order valence-electron chi connectivity index (χ4n) is 1.99. The average molecular weight is 253 g/mol. The Kier molecular flexibility index (Phi) is 3.16. The Morgan fingerprint density at radius 2 is 1.89 bits per heavy atom. The second-order valence-corrected chi connectivity index (χ2v) is 4.36. The summed E-state index contributed by atoms with van der Waals surface area (Å²) in [6, 6.07) is 16.4. The Hall–Kier alpha value is -2.33. The topological polar surface area (TPSA) is 64.1 Å². The Morgan fingerprint density at radius 1 is 1.05 bits per heavy atom. The van der Waals surface area contributed by atoms with Crippen LogP contribution in [-0.2, 0) is 13.1 Å². The molecule has 0 aliphatic rings. The summed E-state index contributed by atoms with van der Waals surface area (Å²) in [5.41, 5.74) is 9.56. The third-order valence-electron chi connectivity index (χ3n) is 2.96. The number of benzene rings is 2. The summed E-state index contributed by atoms with van der Waals surface area (Å²) >= 11 is 0. The van der Waals surface area contributed by atoms with E-state index < -0.39 is 0 Å². The molecule has 0 bridgehead atoms. The highest BCUT2D eigenvalue weighted by Gasteiger charge is 2.04. The molecule has 0 spiro atoms. The minimum atomic E-state index is 0.541. The van der Waals surface area contributed by atoms with Gasteiger partial charge in [0.25, 0.3) is 6.01 Å². The Labute approximate surface area is 111 Å². The number of hydrogen-bond donors (Lipinski definition) is 2. The van der Waals surface area contributed by atoms with E-state index in [1.54, 1.807) is 0 Å². The molecule has 0 saturated carbocycles. The molecule has 0 saturated heterocycles. The maximum Gasteiger partial charge on any atom is 0.295 e. The molecule has 3 N–H and O–H groups in total. The molecule has 3 aromatic rings. The molecule has 4 nitrogen and oxygen atoms in total. The van der Waals surface area contributed by atoms with Crippen LogP contribution in [0.1, 0.15) is 11.1 Å². The minimum absolute atomic E-state index is 0.541. The number of nitrogens with zero attached hydrogens (tertiary/aromatic N) is 1. The van der Waals surface area contributed by atoms with Crippen LogP contribution in [0, 0.1) is 0 Å². The third kappa shape index (κ3) is 2.58. The van der Waals surface area contributed by atoms with Crippen molar-refractivity contribution in [2.24, 2.45) is 5.73 Å². The van der Waals surface area contributed by atoms with E-state index in [0.29, 0.717) is 19.1 Å². The summed E-state index contributed by atoms with van der Waals surface area (Å²) in [4.78, 5) is 4.37. The van der Waals surface area contributed by atoms with Gasteiger partial charge in [-0.15, -0.1) is 0 Å². The maximum absolute atomic E-state index is 5.63. The lowest BCUT2D eigenvalue weighted by atomic mass is 10.1. The zero-order valence-corrected chi connectivity index (χ0v) is 10.5. The van der Waals surface area contributed by atoms with Crippen LogP contribution in [-0.4, -0.2) is 4.98 Å². The van der Waals surface area contributed by atoms with E-state index in [1.807, 2.05) is 36.4 Å². The first-order chi connectivity index (χ1) is 9.35. The molecular formula is C15H15N3O. The first kappa shape index (κ1) is 11.7. The van der Waals surface area contributed by atoms with Crippen molar-refractivity contribution in [2.45, 2.75) is 13.1 Å². The van der Waals surface area contributed by atoms with Crippen molar-refractivity contribution in [3.8, 4) is 0 Å². The number of rotatable bonds is 4. The number of oxazole rings is 1. The fourth-order valence-corrected chi connectivity index (χ4v) is 1.99. The minimum Gasteiger partial charge on any atom is -0.424 e. The number of hydrogen-bond acceptors (Lipinski definition) is 4. The van der Waals surface area contributed by atoms with Gasteiger partial charge in [-0.3, -0.25) is 0 Å². The van der Waals surface area contributed by atoms with Crippen molar-refractivity contribution >= 4 is 17.1 Å². The molecular weight excluding hydrogens is 238 g/mol. The highest BCUT2D eigenvalue weighted by atomic mass is 16.4. The van der Waals surface area contributed by atoms with Crippen molar-refractivity contribution in [3.63, 3.8) is 0 Å². The van der Waals surface area contributed by atoms with E-state index in [4.69, 9.17) is 10.2 Å². The average Bonchev–Trinajstić information content (AvgIpc) is 2.88. The predicted octanol–water partition coefficient (Wildman–Crippen LogP) is 2.90. The standard InChI is InChI=1S/C15H15N3O/c16-9-11-4-3-5-12(8-11)10-17-15-18-13-6-1-2-7-14(13)19-15/h1-8H,9-10,16H2,(H,17,18). The number of nitrogens with one attached hydrogen (secondary N) is 1. The summed E-state index contributed by atoms with van der Waals surface area (Å²) in [6.07, 6.45) is 0. The van der Waals surface area contributed by atoms with Crippen molar-refractivity contribution < 1.29 is 4.42 Å². The first-order valence-corrected chi connectivity index (χ1v) is 6.22. The smallest absolute Gasteiger partial charge is 0.295 e. The number of nitrogens with two attached hydrogens (primary N) is 1. The van der Waals surface area contributed by atoms with Gasteiger partial charge in [-0.2, -0.15) is 4.98 Å². The third-order valence-corrected chi connectivity index (χ3v) is 2.96. The SMILES string of the molecule is NCc1cccc(CNc2nc3ccccc3o2)c1. The quantitative estimate of drug-likeness (QED) is 0.750. The normalized spacial score (nSPS) is 10.8. The second-order valence-electron chi connectivity index (χ2n) is 4.36. The maximum atomic E-state index is 5.63. The lowest BCUT2D eigenvalue weighted by Crippen LogP contribution is -2.02. The summed E-state index contributed by atoms with van der Waals surface area (Å²) in [7, 11) is 0. The van der Waals surface area contributed by atoms with Crippen LogP contribution >= 0.6 is 0 Å². The van der Waals surface area contributed by atoms with E-state index in [9.17, 15) is 0 Å². The van der Waals surface area contributed by atoms with Gasteiger partial charge in [-0.05, 0) is 23.3 Å². The summed E-state index contributed by atoms with van der Waals surface area (Å²) in [5, 5.41) is 3.18. The molecule has 4 heteroatoms. The zero-order chi connectivity index (χ0) is 13.1. The van der Waals surface area contributed by atoms with Crippen molar-refractivity contribution in [1.82, 2.24) is 4.98 Å². The van der Waals surface area contributed by atoms with Gasteiger partial charge in [0, 0.05) is 13.1 Å². The molecule has 0 atom stereocenters. The van der Waals surface area contributed by atoms with Gasteiger partial charge in [-0.25, -0.2) is 0 Å². The van der Waals surface area contributed by atoms with E-state index in [-0.39, 0.29) is 0 Å². The summed E-state index contributed by atoms with van der Waals surface area (Å²) in [6.45, 7) is 1.22. The van der Waals surface area contributed by atoms with Gasteiger partial charge in [-0.1, -0.05) is 36.4 Å². The van der Waals surface area contributed by atoms with Crippen molar-refractivity contribution in [2.75, 3.05) is 5.32 Å². The number of para-hydroxylation sites is 2. The number of aromatic nitrogens is 1. The fraction of sp³-hybridized carbons (Fsp3) is 0.133. The second kappa shape index (κ2) is 5.12. The summed E-state index contributed by atoms with van der Waals surface area (Å²) in [5.74, 6) is 0. The Balaban J connectivity index is 1.74. The molecule has 2 aromatic carbocycles. The van der Waals surface area contributed by atoms with E-state index >= 15 is 0 Å². The molecule has 19 heavy (non-hydrogen) atoms. The van der Waals surface area contributed by atoms with E-state index in [2.05, 4.69) is 22.4 Å². The van der Waals surface area contributed by atoms with Crippen molar-refractivity contribution in [1.29, 1.82) is 0 Å². The number of fused-ring (bicyclic) bond motifs is 1. The van der Waals surface area contributed by atoms with Crippen LogP contribution in [0.2, 0.25) is 0 Å². The molecule has 0 aliphatic heterocycles. The van der Waals surface area contributed by atoms with E-state index in [1.165, 1.54) is 0 Å². The van der Waals surface area contributed by atoms with Crippen LogP contribution in [0.25, 0.3) is 11.1 Å². The molecule has 1 aromatic heterocycles. The van der Waals surface area contributed by atoms with Crippen LogP contribution < -0.4 is 11.1 Å². The highest BCUT2D eigenvalue weighted by Crippen LogP contribution is 2.18. The van der Waals surface area contributed by atoms with Gasteiger partial charge < -0.3 is 15.5 Å². The lowest BCUT2D eigenvalue weighted by molar-refractivity contribution is 0.614. The molecule has 0 amide bonds. The molecule has 1 heterocycles. The van der Waals surface area contributed by atoms with Crippen LogP contribution in [0.3, 0.4) is 0 Å². The van der Waals surface area contributed by atoms with Gasteiger partial charge in [0.1, 0.15) is 5.52 Å². The molecule has 0 fully saturated rings. The molecule has 96 valence electrons. The molecule has 0 aliphatic carbocycles. The molecule has 0 radical (unpaired) electrons. The largest absolute Gasteiger partial charge is 0.424 e. The lowest BCUT2D eigenvalue weighted by Gasteiger charge is -2.04. The number of anilines is 1. The Bertz CT molecular complexity index is 657. The first-order valence-electron chi connectivity index (χ1n) is 6.22. The highest BCUT2D eigenvalue weighted by molar-refractivity contribution is 5.74. The molecule has 0 unspecified atom stereocenters. The predicted molar refractivity (Wildman–Crippen MR) is 75.7 cm³/mol. The van der Waals surface area contributed by atoms with Gasteiger partial charge in [0.15, 0.2) is 5.58 Å².